The van der Waals surface area contributed by atoms with Gasteiger partial charge in [0.15, 0.2) is 0 Å². The van der Waals surface area contributed by atoms with Crippen molar-refractivity contribution in [3.05, 3.63) is 53.6 Å². The van der Waals surface area contributed by atoms with Gasteiger partial charge in [0.05, 0.1) is 27.3 Å². The van der Waals surface area contributed by atoms with Crippen molar-refractivity contribution in [1.29, 1.82) is 0 Å². The first-order valence-corrected chi connectivity index (χ1v) is 9.52. The maximum atomic E-state index is 12.7. The molecule has 0 saturated carbocycles. The summed E-state index contributed by atoms with van der Waals surface area (Å²) in [6.07, 6.45) is -0.867. The summed E-state index contributed by atoms with van der Waals surface area (Å²) in [4.78, 5) is 26.5. The summed E-state index contributed by atoms with van der Waals surface area (Å²) < 4.78 is 15.9. The van der Waals surface area contributed by atoms with Gasteiger partial charge in [-0.05, 0) is 35.7 Å². The van der Waals surface area contributed by atoms with Crippen molar-refractivity contribution in [3.63, 3.8) is 0 Å². The molecule has 1 unspecified atom stereocenters. The molecule has 1 aliphatic rings. The predicted molar refractivity (Wildman–Crippen MR) is 110 cm³/mol. The Bertz CT molecular complexity index is 857. The number of benzene rings is 2. The van der Waals surface area contributed by atoms with Gasteiger partial charge in [-0.2, -0.15) is 0 Å². The second-order valence-electron chi connectivity index (χ2n) is 7.11. The summed E-state index contributed by atoms with van der Waals surface area (Å²) in [6, 6.07) is 13.0. The van der Waals surface area contributed by atoms with Crippen LogP contribution in [0.15, 0.2) is 42.5 Å². The average molecular weight is 398 g/mol. The van der Waals surface area contributed by atoms with Crippen molar-refractivity contribution in [2.45, 2.75) is 25.9 Å². The number of cyclic esters (lactones) is 1. The number of rotatable bonds is 7. The lowest BCUT2D eigenvalue weighted by molar-refractivity contribution is 0.0910. The molecule has 1 N–H and O–H groups in total. The van der Waals surface area contributed by atoms with Crippen LogP contribution in [0.1, 0.15) is 35.7 Å². The fourth-order valence-electron chi connectivity index (χ4n) is 3.25. The van der Waals surface area contributed by atoms with E-state index in [1.807, 2.05) is 24.3 Å². The zero-order valence-electron chi connectivity index (χ0n) is 17.1. The number of carbonyl (C=O) groups is 2. The van der Waals surface area contributed by atoms with E-state index >= 15 is 0 Å². The Labute approximate surface area is 170 Å². The first kappa shape index (κ1) is 20.5. The number of hydrogen-bond acceptors (Lipinski definition) is 5. The summed E-state index contributed by atoms with van der Waals surface area (Å²) in [6.45, 7) is 4.79. The zero-order chi connectivity index (χ0) is 21.0. The molecule has 7 nitrogen and oxygen atoms in total. The lowest BCUT2D eigenvalue weighted by atomic mass is 10.0. The summed E-state index contributed by atoms with van der Waals surface area (Å²) in [7, 11) is 2.99. The van der Waals surface area contributed by atoms with E-state index in [1.165, 1.54) is 19.8 Å². The third-order valence-electron chi connectivity index (χ3n) is 4.89. The van der Waals surface area contributed by atoms with E-state index in [0.29, 0.717) is 29.5 Å². The number of methoxy groups -OCH3 is 2. The van der Waals surface area contributed by atoms with Crippen LogP contribution < -0.4 is 19.7 Å². The molecule has 2 aromatic rings. The molecular formula is C22H26N2O5. The Morgan fingerprint density at radius 2 is 1.76 bits per heavy atom. The second kappa shape index (κ2) is 8.86. The highest BCUT2D eigenvalue weighted by atomic mass is 16.6. The van der Waals surface area contributed by atoms with Crippen LogP contribution in [-0.4, -0.2) is 45.4 Å². The summed E-state index contributed by atoms with van der Waals surface area (Å²) in [5, 5.41) is 2.80. The highest BCUT2D eigenvalue weighted by Crippen LogP contribution is 2.28. The molecule has 0 radical (unpaired) electrons. The van der Waals surface area contributed by atoms with E-state index in [9.17, 15) is 9.59 Å². The van der Waals surface area contributed by atoms with Crippen molar-refractivity contribution < 1.29 is 23.8 Å². The molecule has 29 heavy (non-hydrogen) atoms. The molecule has 1 saturated heterocycles. The van der Waals surface area contributed by atoms with Gasteiger partial charge in [-0.3, -0.25) is 9.69 Å². The number of nitrogens with one attached hydrogen (secondary N) is 1. The first-order valence-electron chi connectivity index (χ1n) is 9.52. The Kier molecular flexibility index (Phi) is 6.26. The van der Waals surface area contributed by atoms with Gasteiger partial charge in [0.1, 0.15) is 23.2 Å². The third-order valence-corrected chi connectivity index (χ3v) is 4.89. The van der Waals surface area contributed by atoms with E-state index < -0.39 is 12.2 Å². The Morgan fingerprint density at radius 3 is 2.31 bits per heavy atom. The molecule has 1 aliphatic heterocycles. The van der Waals surface area contributed by atoms with E-state index in [4.69, 9.17) is 14.2 Å². The minimum atomic E-state index is -0.447. The number of nitrogens with zero attached hydrogens (tertiary/aromatic N) is 1. The van der Waals surface area contributed by atoms with E-state index in [1.54, 1.807) is 23.1 Å². The normalized spacial score (nSPS) is 16.0. The molecule has 1 atom stereocenters. The third kappa shape index (κ3) is 4.45. The van der Waals surface area contributed by atoms with Crippen LogP contribution in [0.5, 0.6) is 11.5 Å². The van der Waals surface area contributed by atoms with Gasteiger partial charge in [-0.1, -0.05) is 32.0 Å². The highest BCUT2D eigenvalue weighted by Gasteiger charge is 2.33. The molecule has 2 aromatic carbocycles. The second-order valence-corrected chi connectivity index (χ2v) is 7.11. The number of ether oxygens (including phenoxy) is 3. The van der Waals surface area contributed by atoms with E-state index in [-0.39, 0.29) is 12.5 Å². The largest absolute Gasteiger partial charge is 0.496 e. The van der Waals surface area contributed by atoms with Crippen molar-refractivity contribution in [3.8, 4) is 11.5 Å². The van der Waals surface area contributed by atoms with Crippen LogP contribution in [0.4, 0.5) is 10.5 Å². The van der Waals surface area contributed by atoms with Crippen molar-refractivity contribution in [1.82, 2.24) is 5.32 Å². The lowest BCUT2D eigenvalue weighted by Crippen LogP contribution is -2.35. The fourth-order valence-corrected chi connectivity index (χ4v) is 3.25. The highest BCUT2D eigenvalue weighted by molar-refractivity contribution is 5.99. The van der Waals surface area contributed by atoms with E-state index in [2.05, 4.69) is 19.2 Å². The smallest absolute Gasteiger partial charge is 0.414 e. The minimum absolute atomic E-state index is 0.187. The molecule has 154 valence electrons. The van der Waals surface area contributed by atoms with Crippen LogP contribution in [0.2, 0.25) is 0 Å². The predicted octanol–water partition coefficient (Wildman–Crippen LogP) is 3.58. The van der Waals surface area contributed by atoms with Crippen molar-refractivity contribution >= 4 is 17.7 Å². The molecule has 1 heterocycles. The first-order chi connectivity index (χ1) is 13.9. The van der Waals surface area contributed by atoms with Gasteiger partial charge in [0.25, 0.3) is 5.91 Å². The van der Waals surface area contributed by atoms with Gasteiger partial charge < -0.3 is 19.5 Å². The number of anilines is 1. The SMILES string of the molecule is COc1cccc(OC)c1C(=O)NCC1CN(c2ccc(C(C)C)cc2)C(=O)O1. The van der Waals surface area contributed by atoms with Gasteiger partial charge in [-0.25, -0.2) is 4.79 Å². The molecular weight excluding hydrogens is 372 g/mol. The van der Waals surface area contributed by atoms with Gasteiger partial charge in [0.2, 0.25) is 0 Å². The number of carbonyl (C=O) groups excluding carboxylic acids is 2. The Hall–Kier alpha value is -3.22. The van der Waals surface area contributed by atoms with E-state index in [0.717, 1.165) is 5.69 Å². The number of amides is 2. The maximum absolute atomic E-state index is 12.7. The van der Waals surface area contributed by atoms with Crippen molar-refractivity contribution in [2.24, 2.45) is 0 Å². The van der Waals surface area contributed by atoms with Crippen LogP contribution in [0.3, 0.4) is 0 Å². The molecule has 0 aromatic heterocycles. The van der Waals surface area contributed by atoms with Crippen LogP contribution in [0, 0.1) is 0 Å². The minimum Gasteiger partial charge on any atom is -0.496 e. The quantitative estimate of drug-likeness (QED) is 0.771. The lowest BCUT2D eigenvalue weighted by Gasteiger charge is -2.15. The summed E-state index contributed by atoms with van der Waals surface area (Å²) in [5.74, 6) is 0.897. The fraction of sp³-hybridized carbons (Fsp3) is 0.364. The van der Waals surface area contributed by atoms with Crippen LogP contribution in [0.25, 0.3) is 0 Å². The average Bonchev–Trinajstić information content (AvgIpc) is 3.11. The van der Waals surface area contributed by atoms with Crippen molar-refractivity contribution in [2.75, 3.05) is 32.2 Å². The monoisotopic (exact) mass is 398 g/mol. The Morgan fingerprint density at radius 1 is 1.14 bits per heavy atom. The maximum Gasteiger partial charge on any atom is 0.414 e. The molecule has 0 spiro atoms. The molecule has 0 bridgehead atoms. The van der Waals surface area contributed by atoms with Gasteiger partial charge in [-0.15, -0.1) is 0 Å². The van der Waals surface area contributed by atoms with Crippen LogP contribution >= 0.6 is 0 Å². The van der Waals surface area contributed by atoms with Gasteiger partial charge >= 0.3 is 6.09 Å². The number of hydrogen-bond donors (Lipinski definition) is 1. The standard InChI is InChI=1S/C22H26N2O5/c1-14(2)15-8-10-16(11-9-15)24-13-17(29-22(24)26)12-23-21(25)20-18(27-3)6-5-7-19(20)28-4/h5-11,14,17H,12-13H2,1-4H3,(H,23,25). The molecule has 0 aliphatic carbocycles. The van der Waals surface area contributed by atoms with Gasteiger partial charge in [0, 0.05) is 5.69 Å². The van der Waals surface area contributed by atoms with Crippen LogP contribution in [-0.2, 0) is 4.74 Å². The topological polar surface area (TPSA) is 77.1 Å². The molecule has 7 heteroatoms. The molecule has 2 amide bonds. The Balaban J connectivity index is 1.64. The molecule has 1 fully saturated rings. The molecule has 3 rings (SSSR count). The zero-order valence-corrected chi connectivity index (χ0v) is 17.1. The summed E-state index contributed by atoms with van der Waals surface area (Å²) >= 11 is 0. The summed E-state index contributed by atoms with van der Waals surface area (Å²) in [5.41, 5.74) is 2.29.